The number of carbonyl (C=O) groups is 1. The smallest absolute Gasteiger partial charge is 0.255 e. The molecule has 0 atom stereocenters. The molecule has 0 saturated heterocycles. The van der Waals surface area contributed by atoms with Crippen molar-refractivity contribution in [1.82, 2.24) is 4.90 Å². The van der Waals surface area contributed by atoms with Crippen LogP contribution in [-0.2, 0) is 6.54 Å². The highest BCUT2D eigenvalue weighted by Gasteiger charge is 2.08. The van der Waals surface area contributed by atoms with E-state index in [9.17, 15) is 4.79 Å². The Labute approximate surface area is 136 Å². The van der Waals surface area contributed by atoms with Crippen molar-refractivity contribution in [3.05, 3.63) is 65.7 Å². The number of carbonyl (C=O) groups excluding carboxylic acids is 1. The van der Waals surface area contributed by atoms with Gasteiger partial charge in [-0.3, -0.25) is 9.69 Å². The van der Waals surface area contributed by atoms with Crippen LogP contribution in [-0.4, -0.2) is 47.3 Å². The zero-order valence-electron chi connectivity index (χ0n) is 13.0. The number of anilines is 1. The molecule has 2 rings (SSSR count). The first-order valence-corrected chi connectivity index (χ1v) is 7.62. The molecule has 0 aromatic heterocycles. The molecule has 5 heteroatoms. The summed E-state index contributed by atoms with van der Waals surface area (Å²) in [4.78, 5) is 14.1. The average Bonchev–Trinajstić information content (AvgIpc) is 2.57. The molecule has 2 aromatic carbocycles. The lowest BCUT2D eigenvalue weighted by atomic mass is 10.1. The zero-order valence-corrected chi connectivity index (χ0v) is 13.0. The summed E-state index contributed by atoms with van der Waals surface area (Å²) in [6.45, 7) is 1.75. The molecule has 2 aromatic rings. The van der Waals surface area contributed by atoms with Crippen LogP contribution in [0.15, 0.2) is 54.6 Å². The molecule has 122 valence electrons. The van der Waals surface area contributed by atoms with Crippen molar-refractivity contribution in [3.8, 4) is 0 Å². The van der Waals surface area contributed by atoms with Gasteiger partial charge in [-0.1, -0.05) is 30.3 Å². The molecule has 0 bridgehead atoms. The van der Waals surface area contributed by atoms with Crippen LogP contribution in [0.2, 0.25) is 0 Å². The second kappa shape index (κ2) is 9.05. The lowest BCUT2D eigenvalue weighted by Crippen LogP contribution is -2.29. The Hall–Kier alpha value is -2.21. The summed E-state index contributed by atoms with van der Waals surface area (Å²) in [6.07, 6.45) is 0. The topological polar surface area (TPSA) is 72.8 Å². The number of rotatable bonds is 8. The van der Waals surface area contributed by atoms with Crippen molar-refractivity contribution >= 4 is 11.6 Å². The van der Waals surface area contributed by atoms with Crippen molar-refractivity contribution in [1.29, 1.82) is 0 Å². The van der Waals surface area contributed by atoms with Gasteiger partial charge < -0.3 is 15.5 Å². The summed E-state index contributed by atoms with van der Waals surface area (Å²) < 4.78 is 0. The summed E-state index contributed by atoms with van der Waals surface area (Å²) in [5.74, 6) is -0.148. The molecule has 0 radical (unpaired) electrons. The van der Waals surface area contributed by atoms with Crippen molar-refractivity contribution in [2.24, 2.45) is 0 Å². The maximum absolute atomic E-state index is 12.2. The Bertz CT molecular complexity index is 593. The SMILES string of the molecule is O=C(Nc1ccccc1)c1ccc(CN(CCO)CCO)cc1. The Kier molecular flexibility index (Phi) is 6.75. The number of amides is 1. The number of nitrogens with zero attached hydrogens (tertiary/aromatic N) is 1. The fraction of sp³-hybridized carbons (Fsp3) is 0.278. The highest BCUT2D eigenvalue weighted by molar-refractivity contribution is 6.04. The third-order valence-corrected chi connectivity index (χ3v) is 3.49. The van der Waals surface area contributed by atoms with Gasteiger partial charge in [0.15, 0.2) is 0 Å². The standard InChI is InChI=1S/C18H22N2O3/c21-12-10-20(11-13-22)14-15-6-8-16(9-7-15)18(23)19-17-4-2-1-3-5-17/h1-9,21-22H,10-14H2,(H,19,23). The first-order valence-electron chi connectivity index (χ1n) is 7.62. The largest absolute Gasteiger partial charge is 0.395 e. The molecular weight excluding hydrogens is 292 g/mol. The van der Waals surface area contributed by atoms with Crippen LogP contribution in [0.25, 0.3) is 0 Å². The number of hydrogen-bond acceptors (Lipinski definition) is 4. The van der Waals surface area contributed by atoms with E-state index in [0.717, 1.165) is 11.3 Å². The van der Waals surface area contributed by atoms with Crippen LogP contribution in [0.1, 0.15) is 15.9 Å². The Balaban J connectivity index is 1.97. The van der Waals surface area contributed by atoms with Crippen LogP contribution in [0, 0.1) is 0 Å². The van der Waals surface area contributed by atoms with E-state index in [4.69, 9.17) is 10.2 Å². The number of aliphatic hydroxyl groups excluding tert-OH is 2. The van der Waals surface area contributed by atoms with Gasteiger partial charge in [0.1, 0.15) is 0 Å². The highest BCUT2D eigenvalue weighted by Crippen LogP contribution is 2.11. The molecule has 23 heavy (non-hydrogen) atoms. The minimum atomic E-state index is -0.148. The van der Waals surface area contributed by atoms with Gasteiger partial charge >= 0.3 is 0 Å². The molecule has 3 N–H and O–H groups in total. The molecule has 5 nitrogen and oxygen atoms in total. The first kappa shape index (κ1) is 17.1. The molecule has 0 aliphatic heterocycles. The molecule has 1 amide bonds. The maximum atomic E-state index is 12.2. The van der Waals surface area contributed by atoms with Crippen LogP contribution >= 0.6 is 0 Å². The fourth-order valence-electron chi connectivity index (χ4n) is 2.30. The minimum Gasteiger partial charge on any atom is -0.395 e. The van der Waals surface area contributed by atoms with Gasteiger partial charge in [-0.25, -0.2) is 0 Å². The number of benzene rings is 2. The van der Waals surface area contributed by atoms with E-state index in [1.807, 2.05) is 47.4 Å². The van der Waals surface area contributed by atoms with Gasteiger partial charge in [0.25, 0.3) is 5.91 Å². The van der Waals surface area contributed by atoms with Gasteiger partial charge in [-0.05, 0) is 29.8 Å². The number of hydrogen-bond donors (Lipinski definition) is 3. The van der Waals surface area contributed by atoms with Gasteiger partial charge in [-0.15, -0.1) is 0 Å². The molecule has 0 fully saturated rings. The van der Waals surface area contributed by atoms with Gasteiger partial charge in [-0.2, -0.15) is 0 Å². The third kappa shape index (κ3) is 5.49. The molecular formula is C18H22N2O3. The molecule has 0 aliphatic rings. The number of aliphatic hydroxyl groups is 2. The molecule has 0 spiro atoms. The monoisotopic (exact) mass is 314 g/mol. The van der Waals surface area contributed by atoms with E-state index >= 15 is 0 Å². The van der Waals surface area contributed by atoms with Crippen LogP contribution in [0.3, 0.4) is 0 Å². The fourth-order valence-corrected chi connectivity index (χ4v) is 2.30. The third-order valence-electron chi connectivity index (χ3n) is 3.49. The summed E-state index contributed by atoms with van der Waals surface area (Å²) in [6, 6.07) is 16.7. The van der Waals surface area contributed by atoms with E-state index in [2.05, 4.69) is 5.32 Å². The quantitative estimate of drug-likeness (QED) is 0.694. The van der Waals surface area contributed by atoms with E-state index in [0.29, 0.717) is 25.2 Å². The summed E-state index contributed by atoms with van der Waals surface area (Å²) >= 11 is 0. The highest BCUT2D eigenvalue weighted by atomic mass is 16.3. The second-order valence-electron chi connectivity index (χ2n) is 5.24. The zero-order chi connectivity index (χ0) is 16.5. The minimum absolute atomic E-state index is 0.0531. The normalized spacial score (nSPS) is 10.7. The van der Waals surface area contributed by atoms with E-state index < -0.39 is 0 Å². The van der Waals surface area contributed by atoms with Crippen LogP contribution < -0.4 is 5.32 Å². The van der Waals surface area contributed by atoms with Crippen LogP contribution in [0.5, 0.6) is 0 Å². The van der Waals surface area contributed by atoms with E-state index in [1.165, 1.54) is 0 Å². The Morgan fingerprint density at radius 2 is 1.52 bits per heavy atom. The van der Waals surface area contributed by atoms with Crippen molar-refractivity contribution in [3.63, 3.8) is 0 Å². The van der Waals surface area contributed by atoms with Crippen molar-refractivity contribution in [2.45, 2.75) is 6.54 Å². The summed E-state index contributed by atoms with van der Waals surface area (Å²) in [5.41, 5.74) is 2.38. The lowest BCUT2D eigenvalue weighted by Gasteiger charge is -2.20. The van der Waals surface area contributed by atoms with Gasteiger partial charge in [0.05, 0.1) is 13.2 Å². The van der Waals surface area contributed by atoms with Crippen molar-refractivity contribution in [2.75, 3.05) is 31.6 Å². The predicted molar refractivity (Wildman–Crippen MR) is 90.3 cm³/mol. The summed E-state index contributed by atoms with van der Waals surface area (Å²) in [5, 5.41) is 20.9. The second-order valence-corrected chi connectivity index (χ2v) is 5.24. The lowest BCUT2D eigenvalue weighted by molar-refractivity contribution is 0.102. The molecule has 0 saturated carbocycles. The number of para-hydroxylation sites is 1. The first-order chi connectivity index (χ1) is 11.2. The molecule has 0 aliphatic carbocycles. The van der Waals surface area contributed by atoms with E-state index in [1.54, 1.807) is 12.1 Å². The summed E-state index contributed by atoms with van der Waals surface area (Å²) in [7, 11) is 0. The van der Waals surface area contributed by atoms with Crippen LogP contribution in [0.4, 0.5) is 5.69 Å². The molecule has 0 heterocycles. The van der Waals surface area contributed by atoms with Gasteiger partial charge in [0, 0.05) is 30.9 Å². The predicted octanol–water partition coefficient (Wildman–Crippen LogP) is 1.73. The molecule has 0 unspecified atom stereocenters. The van der Waals surface area contributed by atoms with E-state index in [-0.39, 0.29) is 19.1 Å². The number of nitrogens with one attached hydrogen (secondary N) is 1. The Morgan fingerprint density at radius 1 is 0.913 bits per heavy atom. The maximum Gasteiger partial charge on any atom is 0.255 e. The Morgan fingerprint density at radius 3 is 2.09 bits per heavy atom. The average molecular weight is 314 g/mol. The van der Waals surface area contributed by atoms with Crippen molar-refractivity contribution < 1.29 is 15.0 Å². The van der Waals surface area contributed by atoms with Gasteiger partial charge in [0.2, 0.25) is 0 Å².